The minimum Gasteiger partial charge on any atom is -0.465 e. The number of esters is 1. The van der Waals surface area contributed by atoms with Crippen molar-refractivity contribution in [3.05, 3.63) is 48.5 Å². The molecule has 0 radical (unpaired) electrons. The molecule has 8 heteroatoms. The van der Waals surface area contributed by atoms with Crippen LogP contribution in [0.4, 0.5) is 14.5 Å². The van der Waals surface area contributed by atoms with Gasteiger partial charge < -0.3 is 10.1 Å². The Kier molecular flexibility index (Phi) is 5.34. The van der Waals surface area contributed by atoms with Gasteiger partial charge in [-0.25, -0.2) is 13.6 Å². The molecule has 2 aromatic rings. The number of benzene rings is 1. The fourth-order valence-electron chi connectivity index (χ4n) is 1.61. The zero-order chi connectivity index (χ0) is 15.6. The van der Waals surface area contributed by atoms with Crippen LogP contribution in [0.15, 0.2) is 26.5 Å². The molecular weight excluding hydrogens is 432 g/mol. The van der Waals surface area contributed by atoms with Crippen molar-refractivity contribution in [2.24, 2.45) is 0 Å². The number of methoxy groups -OCH3 is 1. The topological polar surface area (TPSA) is 38.3 Å². The highest BCUT2D eigenvalue weighted by molar-refractivity contribution is 9.13. The molecule has 112 valence electrons. The summed E-state index contributed by atoms with van der Waals surface area (Å²) in [6, 6.07) is 3.65. The van der Waals surface area contributed by atoms with Crippen LogP contribution in [-0.2, 0) is 11.3 Å². The van der Waals surface area contributed by atoms with Crippen LogP contribution in [-0.4, -0.2) is 13.1 Å². The van der Waals surface area contributed by atoms with Crippen LogP contribution in [0.2, 0.25) is 0 Å². The van der Waals surface area contributed by atoms with Gasteiger partial charge in [-0.15, -0.1) is 11.3 Å². The average Bonchev–Trinajstić information content (AvgIpc) is 2.76. The molecule has 0 aliphatic rings. The number of nitrogens with one attached hydrogen (secondary N) is 1. The summed E-state index contributed by atoms with van der Waals surface area (Å²) in [6.45, 7) is 0.345. The highest BCUT2D eigenvalue weighted by Crippen LogP contribution is 2.33. The molecule has 0 atom stereocenters. The Morgan fingerprint density at radius 2 is 2.00 bits per heavy atom. The summed E-state index contributed by atoms with van der Waals surface area (Å²) >= 11 is 8.20. The minimum absolute atomic E-state index is 0.0393. The van der Waals surface area contributed by atoms with Gasteiger partial charge in [-0.05, 0) is 44.0 Å². The van der Waals surface area contributed by atoms with Gasteiger partial charge in [-0.3, -0.25) is 0 Å². The average molecular weight is 441 g/mol. The second-order valence-corrected chi connectivity index (χ2v) is 7.30. The summed E-state index contributed by atoms with van der Waals surface area (Å²) in [5.41, 5.74) is -0.271. The summed E-state index contributed by atoms with van der Waals surface area (Å²) in [5, 5.41) is 2.84. The van der Waals surface area contributed by atoms with Crippen molar-refractivity contribution in [2.75, 3.05) is 12.4 Å². The summed E-state index contributed by atoms with van der Waals surface area (Å²) in [5.74, 6) is -2.57. The molecule has 0 saturated heterocycles. The SMILES string of the molecule is COC(=O)c1cc(NCc2cc(Br)c(Br)s2)c(F)cc1F. The molecule has 0 unspecified atom stereocenters. The van der Waals surface area contributed by atoms with E-state index in [-0.39, 0.29) is 11.3 Å². The maximum Gasteiger partial charge on any atom is 0.340 e. The second kappa shape index (κ2) is 6.85. The molecule has 3 nitrogen and oxygen atoms in total. The van der Waals surface area contributed by atoms with E-state index in [1.807, 2.05) is 6.07 Å². The summed E-state index contributed by atoms with van der Waals surface area (Å²) in [4.78, 5) is 12.3. The number of hydrogen-bond acceptors (Lipinski definition) is 4. The number of hydrogen-bond donors (Lipinski definition) is 1. The lowest BCUT2D eigenvalue weighted by Gasteiger charge is -2.09. The highest BCUT2D eigenvalue weighted by Gasteiger charge is 2.16. The lowest BCUT2D eigenvalue weighted by molar-refractivity contribution is 0.0595. The van der Waals surface area contributed by atoms with Crippen molar-refractivity contribution >= 4 is 54.9 Å². The molecule has 0 bridgehead atoms. The highest BCUT2D eigenvalue weighted by atomic mass is 79.9. The van der Waals surface area contributed by atoms with Crippen LogP contribution in [0.1, 0.15) is 15.2 Å². The first-order chi connectivity index (χ1) is 9.92. The zero-order valence-electron chi connectivity index (χ0n) is 10.7. The standard InChI is InChI=1S/C13H9Br2F2NO2S/c1-20-13(19)7-3-11(10(17)4-9(7)16)18-5-6-2-8(14)12(15)21-6/h2-4,18H,5H2,1H3. The smallest absolute Gasteiger partial charge is 0.340 e. The van der Waals surface area contributed by atoms with E-state index in [4.69, 9.17) is 0 Å². The molecule has 21 heavy (non-hydrogen) atoms. The van der Waals surface area contributed by atoms with E-state index >= 15 is 0 Å². The van der Waals surface area contributed by atoms with Crippen LogP contribution >= 0.6 is 43.2 Å². The van der Waals surface area contributed by atoms with Crippen molar-refractivity contribution in [2.45, 2.75) is 6.54 Å². The van der Waals surface area contributed by atoms with Gasteiger partial charge in [-0.2, -0.15) is 0 Å². The fourth-order valence-corrected chi connectivity index (χ4v) is 3.73. The molecule has 1 aromatic heterocycles. The molecule has 0 spiro atoms. The third-order valence-electron chi connectivity index (χ3n) is 2.61. The van der Waals surface area contributed by atoms with Crippen LogP contribution in [0.25, 0.3) is 0 Å². The van der Waals surface area contributed by atoms with Gasteiger partial charge in [0, 0.05) is 22.0 Å². The van der Waals surface area contributed by atoms with Gasteiger partial charge in [-0.1, -0.05) is 0 Å². The van der Waals surface area contributed by atoms with Crippen LogP contribution < -0.4 is 5.32 Å². The quantitative estimate of drug-likeness (QED) is 0.683. The summed E-state index contributed by atoms with van der Waals surface area (Å²) < 4.78 is 33.5. The van der Waals surface area contributed by atoms with E-state index in [0.29, 0.717) is 12.6 Å². The monoisotopic (exact) mass is 439 g/mol. The van der Waals surface area contributed by atoms with E-state index in [1.54, 1.807) is 0 Å². The van der Waals surface area contributed by atoms with E-state index < -0.39 is 17.6 Å². The lowest BCUT2D eigenvalue weighted by Crippen LogP contribution is -2.08. The minimum atomic E-state index is -0.952. The Labute approximate surface area is 140 Å². The summed E-state index contributed by atoms with van der Waals surface area (Å²) in [7, 11) is 1.14. The van der Waals surface area contributed by atoms with Crippen LogP contribution in [0.5, 0.6) is 0 Å². The molecule has 0 fully saturated rings. The molecule has 1 heterocycles. The molecule has 0 aliphatic heterocycles. The molecular formula is C13H9Br2F2NO2S. The van der Waals surface area contributed by atoms with Gasteiger partial charge in [0.15, 0.2) is 0 Å². The first-order valence-corrected chi connectivity index (χ1v) is 8.07. The summed E-state index contributed by atoms with van der Waals surface area (Å²) in [6.07, 6.45) is 0. The largest absolute Gasteiger partial charge is 0.465 e. The van der Waals surface area contributed by atoms with Gasteiger partial charge in [0.25, 0.3) is 0 Å². The lowest BCUT2D eigenvalue weighted by atomic mass is 10.1. The number of rotatable bonds is 4. The van der Waals surface area contributed by atoms with Crippen molar-refractivity contribution in [3.63, 3.8) is 0 Å². The third-order valence-corrected chi connectivity index (χ3v) is 5.87. The number of carbonyl (C=O) groups excluding carboxylic acids is 1. The van der Waals surface area contributed by atoms with Gasteiger partial charge in [0.2, 0.25) is 0 Å². The van der Waals surface area contributed by atoms with Crippen molar-refractivity contribution < 1.29 is 18.3 Å². The van der Waals surface area contributed by atoms with Crippen molar-refractivity contribution in [1.82, 2.24) is 0 Å². The Balaban J connectivity index is 2.21. The Bertz CT molecular complexity index is 672. The first kappa shape index (κ1) is 16.4. The molecule has 1 N–H and O–H groups in total. The number of halogens is 4. The van der Waals surface area contributed by atoms with Crippen LogP contribution in [0, 0.1) is 11.6 Å². The van der Waals surface area contributed by atoms with E-state index in [1.165, 1.54) is 11.3 Å². The number of ether oxygens (including phenoxy) is 1. The predicted molar refractivity (Wildman–Crippen MR) is 84.7 cm³/mol. The third kappa shape index (κ3) is 3.81. The molecule has 0 aliphatic carbocycles. The normalized spacial score (nSPS) is 10.5. The number of anilines is 1. The molecule has 0 amide bonds. The molecule has 0 saturated carbocycles. The Hall–Kier alpha value is -0.990. The maximum atomic E-state index is 13.7. The number of thiophene rings is 1. The van der Waals surface area contributed by atoms with Gasteiger partial charge in [0.05, 0.1) is 22.1 Å². The van der Waals surface area contributed by atoms with Gasteiger partial charge >= 0.3 is 5.97 Å². The van der Waals surface area contributed by atoms with Crippen molar-refractivity contribution in [3.8, 4) is 0 Å². The Morgan fingerprint density at radius 1 is 1.29 bits per heavy atom. The number of carbonyl (C=O) groups is 1. The van der Waals surface area contributed by atoms with Gasteiger partial charge in [0.1, 0.15) is 11.6 Å². The zero-order valence-corrected chi connectivity index (χ0v) is 14.7. The van der Waals surface area contributed by atoms with E-state index in [2.05, 4.69) is 41.9 Å². The fraction of sp³-hybridized carbons (Fsp3) is 0.154. The van der Waals surface area contributed by atoms with E-state index in [9.17, 15) is 13.6 Å². The first-order valence-electron chi connectivity index (χ1n) is 5.67. The molecule has 1 aromatic carbocycles. The predicted octanol–water partition coefficient (Wildman–Crippen LogP) is 4.95. The maximum absolute atomic E-state index is 13.7. The van der Waals surface area contributed by atoms with E-state index in [0.717, 1.165) is 26.3 Å². The second-order valence-electron chi connectivity index (χ2n) is 3.99. The van der Waals surface area contributed by atoms with Crippen LogP contribution in [0.3, 0.4) is 0 Å². The van der Waals surface area contributed by atoms with Crippen molar-refractivity contribution in [1.29, 1.82) is 0 Å². The Morgan fingerprint density at radius 3 is 2.57 bits per heavy atom. The molecule has 2 rings (SSSR count).